The molecule has 26 heavy (non-hydrogen) atoms. The fraction of sp³-hybridized carbons (Fsp3) is 0.0588. The first kappa shape index (κ1) is 15.9. The smallest absolute Gasteiger partial charge is 0.200 e. The van der Waals surface area contributed by atoms with Gasteiger partial charge in [0.1, 0.15) is 23.0 Å². The van der Waals surface area contributed by atoms with E-state index in [1.807, 2.05) is 6.07 Å². The van der Waals surface area contributed by atoms with E-state index in [4.69, 9.17) is 28.1 Å². The van der Waals surface area contributed by atoms with Crippen molar-refractivity contribution >= 4 is 34.8 Å². The quantitative estimate of drug-likeness (QED) is 0.480. The van der Waals surface area contributed by atoms with Gasteiger partial charge in [0.25, 0.3) is 0 Å². The molecule has 0 amide bonds. The van der Waals surface area contributed by atoms with Crippen LogP contribution in [0.1, 0.15) is 17.0 Å². The van der Waals surface area contributed by atoms with Crippen molar-refractivity contribution in [1.82, 2.24) is 9.97 Å². The minimum absolute atomic E-state index is 0.0880. The van der Waals surface area contributed by atoms with E-state index in [1.54, 1.807) is 24.3 Å². The molecule has 0 saturated heterocycles. The molecule has 0 saturated carbocycles. The molecule has 8 nitrogen and oxygen atoms in total. The van der Waals surface area contributed by atoms with Gasteiger partial charge in [0.15, 0.2) is 10.2 Å². The zero-order chi connectivity index (χ0) is 18.4. The molecule has 4 rings (SSSR count). The standard InChI is InChI=1S/C17H12N6O2S/c18-5-8-11(9-6-25-10-4-2-1-3-7(10)13(9)24)12-15(20)22-17(26)23-16(12)21-14(8)19/h1-4,6,11H,19H2,(H4,20,21,22,23,26). The molecular weight excluding hydrogens is 352 g/mol. The summed E-state index contributed by atoms with van der Waals surface area (Å²) in [6.45, 7) is 0. The summed E-state index contributed by atoms with van der Waals surface area (Å²) in [6.07, 6.45) is 1.33. The second-order valence-electron chi connectivity index (χ2n) is 5.73. The number of H-pyrrole nitrogens is 1. The van der Waals surface area contributed by atoms with Gasteiger partial charge in [0, 0.05) is 11.1 Å². The number of nitriles is 1. The van der Waals surface area contributed by atoms with Gasteiger partial charge in [-0.05, 0) is 24.4 Å². The average molecular weight is 364 g/mol. The first-order valence-corrected chi connectivity index (χ1v) is 7.99. The van der Waals surface area contributed by atoms with Crippen molar-refractivity contribution in [2.45, 2.75) is 5.92 Å². The summed E-state index contributed by atoms with van der Waals surface area (Å²) in [5, 5.41) is 12.8. The normalized spacial score (nSPS) is 16.0. The lowest BCUT2D eigenvalue weighted by Gasteiger charge is -2.26. The van der Waals surface area contributed by atoms with Crippen LogP contribution in [0.4, 0.5) is 11.6 Å². The summed E-state index contributed by atoms with van der Waals surface area (Å²) in [5.74, 6) is -0.230. The predicted molar refractivity (Wildman–Crippen MR) is 98.6 cm³/mol. The SMILES string of the molecule is N#CC1=C(N)Nc2nc(=S)[nH]c(N)c2C1c1coc2ccccc2c1=O. The van der Waals surface area contributed by atoms with Crippen molar-refractivity contribution in [2.24, 2.45) is 5.73 Å². The van der Waals surface area contributed by atoms with Gasteiger partial charge < -0.3 is 26.2 Å². The Hall–Kier alpha value is -3.64. The van der Waals surface area contributed by atoms with Gasteiger partial charge in [-0.15, -0.1) is 0 Å². The van der Waals surface area contributed by atoms with Crippen LogP contribution in [-0.2, 0) is 0 Å². The molecule has 1 aromatic carbocycles. The van der Waals surface area contributed by atoms with E-state index in [2.05, 4.69) is 15.3 Å². The molecule has 1 aliphatic rings. The number of nitrogens with two attached hydrogens (primary N) is 2. The van der Waals surface area contributed by atoms with E-state index in [1.165, 1.54) is 6.26 Å². The Morgan fingerprint density at radius 1 is 1.31 bits per heavy atom. The molecule has 128 valence electrons. The predicted octanol–water partition coefficient (Wildman–Crippen LogP) is 2.08. The molecule has 0 bridgehead atoms. The average Bonchev–Trinajstić information content (AvgIpc) is 2.61. The lowest BCUT2D eigenvalue weighted by molar-refractivity contribution is 0.590. The third-order valence-corrected chi connectivity index (χ3v) is 4.45. The number of nitrogens with zero attached hydrogens (tertiary/aromatic N) is 2. The number of rotatable bonds is 1. The van der Waals surface area contributed by atoms with Crippen molar-refractivity contribution in [1.29, 1.82) is 5.26 Å². The summed E-state index contributed by atoms with van der Waals surface area (Å²) < 4.78 is 5.76. The molecule has 0 fully saturated rings. The minimum atomic E-state index is -0.823. The summed E-state index contributed by atoms with van der Waals surface area (Å²) in [6, 6.07) is 8.91. The number of aromatic amines is 1. The molecule has 3 heterocycles. The molecule has 0 spiro atoms. The van der Waals surface area contributed by atoms with E-state index in [9.17, 15) is 10.1 Å². The number of aromatic nitrogens is 2. The molecule has 1 aliphatic heterocycles. The maximum atomic E-state index is 13.0. The molecule has 0 aliphatic carbocycles. The Morgan fingerprint density at radius 2 is 2.08 bits per heavy atom. The molecular formula is C17H12N6O2S. The molecule has 6 N–H and O–H groups in total. The fourth-order valence-corrected chi connectivity index (χ4v) is 3.31. The van der Waals surface area contributed by atoms with Crippen molar-refractivity contribution in [3.05, 3.63) is 68.0 Å². The second-order valence-corrected chi connectivity index (χ2v) is 6.12. The number of nitrogens with one attached hydrogen (secondary N) is 2. The Bertz CT molecular complexity index is 1250. The number of anilines is 2. The van der Waals surface area contributed by atoms with E-state index in [0.29, 0.717) is 22.4 Å². The topological polar surface area (TPSA) is 147 Å². The van der Waals surface area contributed by atoms with Crippen molar-refractivity contribution < 1.29 is 4.42 Å². The highest BCUT2D eigenvalue weighted by Crippen LogP contribution is 2.41. The zero-order valence-electron chi connectivity index (χ0n) is 13.2. The van der Waals surface area contributed by atoms with E-state index >= 15 is 0 Å². The van der Waals surface area contributed by atoms with Gasteiger partial charge in [0.2, 0.25) is 0 Å². The van der Waals surface area contributed by atoms with Crippen LogP contribution in [0, 0.1) is 16.1 Å². The second kappa shape index (κ2) is 5.72. The highest BCUT2D eigenvalue weighted by Gasteiger charge is 2.34. The van der Waals surface area contributed by atoms with Gasteiger partial charge in [-0.3, -0.25) is 4.79 Å². The molecule has 3 aromatic rings. The lowest BCUT2D eigenvalue weighted by atomic mass is 9.84. The number of para-hydroxylation sites is 1. The van der Waals surface area contributed by atoms with Crippen LogP contribution in [0.5, 0.6) is 0 Å². The third kappa shape index (κ3) is 2.24. The first-order chi connectivity index (χ1) is 12.5. The van der Waals surface area contributed by atoms with Crippen LogP contribution in [-0.4, -0.2) is 9.97 Å². The van der Waals surface area contributed by atoms with Crippen molar-refractivity contribution in [3.63, 3.8) is 0 Å². The minimum Gasteiger partial charge on any atom is -0.464 e. The number of fused-ring (bicyclic) bond motifs is 2. The van der Waals surface area contributed by atoms with Crippen LogP contribution in [0.25, 0.3) is 11.0 Å². The van der Waals surface area contributed by atoms with Crippen molar-refractivity contribution in [3.8, 4) is 6.07 Å². The molecule has 2 aromatic heterocycles. The highest BCUT2D eigenvalue weighted by atomic mass is 32.1. The van der Waals surface area contributed by atoms with Gasteiger partial charge in [-0.1, -0.05) is 12.1 Å². The number of benzene rings is 1. The summed E-state index contributed by atoms with van der Waals surface area (Å²) in [4.78, 5) is 20.0. The number of hydrogen-bond donors (Lipinski definition) is 4. The summed E-state index contributed by atoms with van der Waals surface area (Å²) in [5.41, 5.74) is 13.1. The highest BCUT2D eigenvalue weighted by molar-refractivity contribution is 7.71. The van der Waals surface area contributed by atoms with Gasteiger partial charge in [0.05, 0.1) is 29.2 Å². The van der Waals surface area contributed by atoms with Crippen LogP contribution in [0.3, 0.4) is 0 Å². The van der Waals surface area contributed by atoms with Crippen molar-refractivity contribution in [2.75, 3.05) is 11.1 Å². The Morgan fingerprint density at radius 3 is 2.85 bits per heavy atom. The van der Waals surface area contributed by atoms with E-state index in [0.717, 1.165) is 0 Å². The number of allylic oxidation sites excluding steroid dienone is 1. The summed E-state index contributed by atoms with van der Waals surface area (Å²) in [7, 11) is 0. The Labute approximate surface area is 151 Å². The van der Waals surface area contributed by atoms with Crippen LogP contribution in [0.15, 0.2) is 51.1 Å². The Kier molecular flexibility index (Phi) is 3.49. The number of nitrogen functional groups attached to an aromatic ring is 1. The third-order valence-electron chi connectivity index (χ3n) is 4.26. The first-order valence-electron chi connectivity index (χ1n) is 7.58. The zero-order valence-corrected chi connectivity index (χ0v) is 14.1. The molecule has 0 radical (unpaired) electrons. The molecule has 1 atom stereocenters. The number of hydrogen-bond acceptors (Lipinski definition) is 8. The maximum absolute atomic E-state index is 13.0. The summed E-state index contributed by atoms with van der Waals surface area (Å²) >= 11 is 5.04. The maximum Gasteiger partial charge on any atom is 0.200 e. The van der Waals surface area contributed by atoms with E-state index in [-0.39, 0.29) is 33.0 Å². The largest absolute Gasteiger partial charge is 0.464 e. The lowest BCUT2D eigenvalue weighted by Crippen LogP contribution is -2.28. The van der Waals surface area contributed by atoms with Crippen LogP contribution >= 0.6 is 12.2 Å². The van der Waals surface area contributed by atoms with Gasteiger partial charge in [-0.25, -0.2) is 4.98 Å². The van der Waals surface area contributed by atoms with Gasteiger partial charge in [-0.2, -0.15) is 5.26 Å². The molecule has 1 unspecified atom stereocenters. The monoisotopic (exact) mass is 364 g/mol. The molecule has 9 heteroatoms. The van der Waals surface area contributed by atoms with Crippen LogP contribution < -0.4 is 22.2 Å². The fourth-order valence-electron chi connectivity index (χ4n) is 3.11. The Balaban J connectivity index is 2.08. The van der Waals surface area contributed by atoms with Gasteiger partial charge >= 0.3 is 0 Å². The van der Waals surface area contributed by atoms with E-state index < -0.39 is 5.92 Å². The van der Waals surface area contributed by atoms with Crippen LogP contribution in [0.2, 0.25) is 0 Å².